The number of fused-ring (bicyclic) bond motifs is 1. The Labute approximate surface area is 138 Å². The van der Waals surface area contributed by atoms with Gasteiger partial charge in [-0.15, -0.1) is 0 Å². The maximum Gasteiger partial charge on any atom is 0.356 e. The maximum atomic E-state index is 13.1. The van der Waals surface area contributed by atoms with Crippen LogP contribution in [0.15, 0.2) is 36.4 Å². The lowest BCUT2D eigenvalue weighted by atomic mass is 10.1. The van der Waals surface area contributed by atoms with Crippen molar-refractivity contribution in [3.8, 4) is 17.0 Å². The Morgan fingerprint density at radius 2 is 1.92 bits per heavy atom. The summed E-state index contributed by atoms with van der Waals surface area (Å²) in [5.41, 5.74) is 1.44. The minimum absolute atomic E-state index is 0.179. The Morgan fingerprint density at radius 1 is 1.21 bits per heavy atom. The largest absolute Gasteiger partial charge is 0.490 e. The van der Waals surface area contributed by atoms with Crippen LogP contribution in [0.25, 0.3) is 11.3 Å². The molecule has 1 N–H and O–H groups in total. The van der Waals surface area contributed by atoms with Crippen molar-refractivity contribution in [3.05, 3.63) is 47.9 Å². The topological polar surface area (TPSA) is 60.5 Å². The SMILES string of the molecule is COC(=O)c1cc(O[C@H]2[C@@H]3CNC[C@@H]32)cc(-c2ccc(F)cc2)n1. The van der Waals surface area contributed by atoms with Crippen molar-refractivity contribution in [2.75, 3.05) is 20.2 Å². The van der Waals surface area contributed by atoms with E-state index < -0.39 is 5.97 Å². The van der Waals surface area contributed by atoms with Gasteiger partial charge in [0.1, 0.15) is 17.7 Å². The molecule has 124 valence electrons. The molecule has 1 saturated carbocycles. The van der Waals surface area contributed by atoms with Crippen molar-refractivity contribution in [2.24, 2.45) is 11.8 Å². The molecule has 2 heterocycles. The van der Waals surface area contributed by atoms with Gasteiger partial charge in [0.05, 0.1) is 12.8 Å². The first-order valence-corrected chi connectivity index (χ1v) is 7.89. The number of esters is 1. The fourth-order valence-electron chi connectivity index (χ4n) is 3.24. The highest BCUT2D eigenvalue weighted by atomic mass is 19.1. The van der Waals surface area contributed by atoms with Gasteiger partial charge in [-0.05, 0) is 24.3 Å². The molecule has 2 aliphatic rings. The van der Waals surface area contributed by atoms with Crippen molar-refractivity contribution in [2.45, 2.75) is 6.10 Å². The molecule has 5 nitrogen and oxygen atoms in total. The summed E-state index contributed by atoms with van der Waals surface area (Å²) in [6, 6.07) is 9.34. The number of nitrogens with zero attached hydrogens (tertiary/aromatic N) is 1. The summed E-state index contributed by atoms with van der Waals surface area (Å²) in [4.78, 5) is 16.2. The van der Waals surface area contributed by atoms with E-state index in [2.05, 4.69) is 10.3 Å². The summed E-state index contributed by atoms with van der Waals surface area (Å²) in [6.07, 6.45) is 0.181. The number of pyridine rings is 1. The number of benzene rings is 1. The van der Waals surface area contributed by atoms with Crippen LogP contribution in [-0.4, -0.2) is 37.3 Å². The van der Waals surface area contributed by atoms with Gasteiger partial charge in [0, 0.05) is 42.6 Å². The molecule has 0 radical (unpaired) electrons. The van der Waals surface area contributed by atoms with Crippen LogP contribution in [-0.2, 0) is 4.74 Å². The quantitative estimate of drug-likeness (QED) is 0.873. The van der Waals surface area contributed by atoms with E-state index >= 15 is 0 Å². The normalized spacial score (nSPS) is 24.3. The second-order valence-electron chi connectivity index (χ2n) is 6.14. The molecule has 3 atom stereocenters. The smallest absolute Gasteiger partial charge is 0.356 e. The summed E-state index contributed by atoms with van der Waals surface area (Å²) >= 11 is 0. The average molecular weight is 328 g/mol. The summed E-state index contributed by atoms with van der Waals surface area (Å²) in [6.45, 7) is 1.93. The highest BCUT2D eigenvalue weighted by molar-refractivity contribution is 5.88. The average Bonchev–Trinajstić information content (AvgIpc) is 3.03. The number of ether oxygens (including phenoxy) is 2. The summed E-state index contributed by atoms with van der Waals surface area (Å²) in [5.74, 6) is 0.811. The van der Waals surface area contributed by atoms with E-state index in [1.54, 1.807) is 24.3 Å². The van der Waals surface area contributed by atoms with Gasteiger partial charge in [0.2, 0.25) is 0 Å². The first-order valence-electron chi connectivity index (χ1n) is 7.89. The Bertz CT molecular complexity index is 768. The Kier molecular flexibility index (Phi) is 3.69. The second-order valence-corrected chi connectivity index (χ2v) is 6.14. The zero-order valence-corrected chi connectivity index (χ0v) is 13.2. The van der Waals surface area contributed by atoms with Crippen LogP contribution in [0.4, 0.5) is 4.39 Å². The molecule has 1 aliphatic heterocycles. The number of carbonyl (C=O) groups is 1. The van der Waals surface area contributed by atoms with Gasteiger partial charge >= 0.3 is 5.97 Å². The number of nitrogens with one attached hydrogen (secondary N) is 1. The monoisotopic (exact) mass is 328 g/mol. The Balaban J connectivity index is 1.66. The van der Waals surface area contributed by atoms with Gasteiger partial charge in [0.15, 0.2) is 5.69 Å². The van der Waals surface area contributed by atoms with Crippen LogP contribution in [0, 0.1) is 17.7 Å². The summed E-state index contributed by atoms with van der Waals surface area (Å²) in [5, 5.41) is 3.32. The summed E-state index contributed by atoms with van der Waals surface area (Å²) < 4.78 is 24.0. The highest BCUT2D eigenvalue weighted by Crippen LogP contribution is 2.44. The molecular formula is C18H17FN2O3. The van der Waals surface area contributed by atoms with E-state index in [-0.39, 0.29) is 17.6 Å². The lowest BCUT2D eigenvalue weighted by molar-refractivity contribution is 0.0593. The number of carbonyl (C=O) groups excluding carboxylic acids is 1. The summed E-state index contributed by atoms with van der Waals surface area (Å²) in [7, 11) is 1.31. The minimum atomic E-state index is -0.526. The molecule has 6 heteroatoms. The van der Waals surface area contributed by atoms with E-state index in [0.29, 0.717) is 28.8 Å². The van der Waals surface area contributed by atoms with Crippen LogP contribution in [0.2, 0.25) is 0 Å². The zero-order chi connectivity index (χ0) is 16.7. The van der Waals surface area contributed by atoms with Gasteiger partial charge < -0.3 is 14.8 Å². The van der Waals surface area contributed by atoms with Crippen molar-refractivity contribution in [1.82, 2.24) is 10.3 Å². The number of aromatic nitrogens is 1. The fourth-order valence-corrected chi connectivity index (χ4v) is 3.24. The molecule has 0 unspecified atom stereocenters. The van der Waals surface area contributed by atoms with Crippen molar-refractivity contribution in [1.29, 1.82) is 0 Å². The molecule has 2 aromatic rings. The predicted molar refractivity (Wildman–Crippen MR) is 85.2 cm³/mol. The van der Waals surface area contributed by atoms with E-state index in [1.807, 2.05) is 0 Å². The Morgan fingerprint density at radius 3 is 2.58 bits per heavy atom. The number of hydrogen-bond donors (Lipinski definition) is 1. The number of hydrogen-bond acceptors (Lipinski definition) is 5. The van der Waals surface area contributed by atoms with E-state index in [9.17, 15) is 9.18 Å². The third kappa shape index (κ3) is 2.73. The lowest BCUT2D eigenvalue weighted by Gasteiger charge is -2.12. The molecule has 0 spiro atoms. The van der Waals surface area contributed by atoms with Crippen LogP contribution in [0.1, 0.15) is 10.5 Å². The van der Waals surface area contributed by atoms with Crippen molar-refractivity contribution < 1.29 is 18.7 Å². The first-order chi connectivity index (χ1) is 11.7. The molecule has 1 aliphatic carbocycles. The molecule has 1 aromatic carbocycles. The van der Waals surface area contributed by atoms with Crippen LogP contribution in [0.3, 0.4) is 0 Å². The number of methoxy groups -OCH3 is 1. The Hall–Kier alpha value is -2.47. The zero-order valence-electron chi connectivity index (χ0n) is 13.2. The van der Waals surface area contributed by atoms with Crippen molar-refractivity contribution >= 4 is 5.97 Å². The van der Waals surface area contributed by atoms with E-state index in [0.717, 1.165) is 13.1 Å². The van der Waals surface area contributed by atoms with Gasteiger partial charge in [-0.25, -0.2) is 14.2 Å². The van der Waals surface area contributed by atoms with Gasteiger partial charge in [-0.1, -0.05) is 0 Å². The van der Waals surface area contributed by atoms with Crippen molar-refractivity contribution in [3.63, 3.8) is 0 Å². The minimum Gasteiger partial charge on any atom is -0.490 e. The van der Waals surface area contributed by atoms with Crippen LogP contribution >= 0.6 is 0 Å². The molecule has 0 amide bonds. The molecule has 1 aromatic heterocycles. The molecule has 24 heavy (non-hydrogen) atoms. The lowest BCUT2D eigenvalue weighted by Crippen LogP contribution is -2.20. The highest BCUT2D eigenvalue weighted by Gasteiger charge is 2.55. The van der Waals surface area contributed by atoms with E-state index in [4.69, 9.17) is 9.47 Å². The van der Waals surface area contributed by atoms with E-state index in [1.165, 1.54) is 19.2 Å². The molecule has 2 fully saturated rings. The standard InChI is InChI=1S/C18H17FN2O3/c1-23-18(22)16-7-12(24-17-13-8-20-9-14(13)17)6-15(21-16)10-2-4-11(19)5-3-10/h2-7,13-14,17,20H,8-9H2,1H3/t13-,14+,17+. The molecule has 1 saturated heterocycles. The first kappa shape index (κ1) is 15.1. The third-order valence-corrected chi connectivity index (χ3v) is 4.62. The maximum absolute atomic E-state index is 13.1. The number of rotatable bonds is 4. The number of piperidine rings is 1. The second kappa shape index (κ2) is 5.87. The molecular weight excluding hydrogens is 311 g/mol. The predicted octanol–water partition coefficient (Wildman–Crippen LogP) is 2.27. The fraction of sp³-hybridized carbons (Fsp3) is 0.333. The van der Waals surface area contributed by atoms with Crippen LogP contribution < -0.4 is 10.1 Å². The van der Waals surface area contributed by atoms with Gasteiger partial charge in [0.25, 0.3) is 0 Å². The molecule has 4 rings (SSSR count). The number of halogens is 1. The van der Waals surface area contributed by atoms with Crippen LogP contribution in [0.5, 0.6) is 5.75 Å². The molecule has 0 bridgehead atoms. The van der Waals surface area contributed by atoms with Gasteiger partial charge in [-0.3, -0.25) is 0 Å². The van der Waals surface area contributed by atoms with Gasteiger partial charge in [-0.2, -0.15) is 0 Å². The third-order valence-electron chi connectivity index (χ3n) is 4.62.